The number of nitrogens with one attached hydrogen (secondary N) is 2. The van der Waals surface area contributed by atoms with E-state index in [1.807, 2.05) is 23.6 Å². The number of piperazine rings is 1. The molecule has 0 radical (unpaired) electrons. The maximum absolute atomic E-state index is 11.9. The smallest absolute Gasteiger partial charge is 0.238 e. The first-order valence-electron chi connectivity index (χ1n) is 6.94. The number of aromatic nitrogens is 1. The van der Waals surface area contributed by atoms with Gasteiger partial charge in [-0.15, -0.1) is 11.3 Å². The summed E-state index contributed by atoms with van der Waals surface area (Å²) >= 11 is 1.62. The highest BCUT2D eigenvalue weighted by Gasteiger charge is 2.28. The van der Waals surface area contributed by atoms with E-state index in [-0.39, 0.29) is 11.9 Å². The van der Waals surface area contributed by atoms with E-state index in [9.17, 15) is 4.79 Å². The van der Waals surface area contributed by atoms with Gasteiger partial charge in [-0.05, 0) is 11.4 Å². The Bertz CT molecular complexity index is 596. The number of hydrogen-bond acceptors (Lipinski definition) is 6. The average Bonchev–Trinajstić information content (AvgIpc) is 3.18. The van der Waals surface area contributed by atoms with Crippen LogP contribution in [0.3, 0.4) is 0 Å². The van der Waals surface area contributed by atoms with Crippen molar-refractivity contribution in [1.29, 1.82) is 0 Å². The van der Waals surface area contributed by atoms with Crippen LogP contribution < -0.4 is 10.6 Å². The Morgan fingerprint density at radius 3 is 3.33 bits per heavy atom. The van der Waals surface area contributed by atoms with Crippen LogP contribution in [0.4, 0.5) is 0 Å². The van der Waals surface area contributed by atoms with Gasteiger partial charge in [0.1, 0.15) is 6.04 Å². The second kappa shape index (κ2) is 6.38. The third-order valence-electron chi connectivity index (χ3n) is 3.59. The summed E-state index contributed by atoms with van der Waals surface area (Å²) in [5.74, 6) is 0.816. The second-order valence-corrected chi connectivity index (χ2v) is 5.91. The van der Waals surface area contributed by atoms with Crippen molar-refractivity contribution in [3.05, 3.63) is 29.3 Å². The minimum absolute atomic E-state index is 0.0316. The van der Waals surface area contributed by atoms with Crippen molar-refractivity contribution in [2.75, 3.05) is 26.7 Å². The predicted molar refractivity (Wildman–Crippen MR) is 81.0 cm³/mol. The molecule has 3 rings (SSSR count). The molecule has 0 aliphatic carbocycles. The Balaban J connectivity index is 1.71. The van der Waals surface area contributed by atoms with Crippen LogP contribution in [0.5, 0.6) is 0 Å². The lowest BCUT2D eigenvalue weighted by atomic mass is 10.1. The molecule has 1 fully saturated rings. The van der Waals surface area contributed by atoms with Crippen molar-refractivity contribution in [3.8, 4) is 10.6 Å². The lowest BCUT2D eigenvalue weighted by Gasteiger charge is -2.34. The summed E-state index contributed by atoms with van der Waals surface area (Å²) in [5, 5.41) is 12.1. The molecule has 7 heteroatoms. The van der Waals surface area contributed by atoms with E-state index in [1.165, 1.54) is 0 Å². The summed E-state index contributed by atoms with van der Waals surface area (Å²) in [5.41, 5.74) is 0.856. The fraction of sp³-hybridized carbons (Fsp3) is 0.429. The average molecular weight is 306 g/mol. The molecular weight excluding hydrogens is 288 g/mol. The van der Waals surface area contributed by atoms with Crippen LogP contribution in [0.2, 0.25) is 0 Å². The molecule has 1 unspecified atom stereocenters. The van der Waals surface area contributed by atoms with Gasteiger partial charge in [-0.25, -0.2) is 0 Å². The highest BCUT2D eigenvalue weighted by molar-refractivity contribution is 7.13. The fourth-order valence-electron chi connectivity index (χ4n) is 2.49. The maximum atomic E-state index is 11.9. The number of carbonyl (C=O) groups excluding carboxylic acids is 1. The molecule has 1 atom stereocenters. The van der Waals surface area contributed by atoms with Crippen molar-refractivity contribution in [3.63, 3.8) is 0 Å². The van der Waals surface area contributed by atoms with Crippen molar-refractivity contribution in [2.45, 2.75) is 12.6 Å². The van der Waals surface area contributed by atoms with E-state index in [1.54, 1.807) is 18.4 Å². The van der Waals surface area contributed by atoms with Crippen LogP contribution in [-0.2, 0) is 11.3 Å². The van der Waals surface area contributed by atoms with Crippen LogP contribution in [0.15, 0.2) is 28.1 Å². The minimum Gasteiger partial charge on any atom is -0.358 e. The molecule has 3 heterocycles. The van der Waals surface area contributed by atoms with Crippen LogP contribution in [-0.4, -0.2) is 48.7 Å². The van der Waals surface area contributed by atoms with Gasteiger partial charge in [-0.2, -0.15) is 0 Å². The summed E-state index contributed by atoms with van der Waals surface area (Å²) in [6.07, 6.45) is 0. The molecule has 1 aliphatic heterocycles. The Kier molecular flexibility index (Phi) is 4.33. The Hall–Kier alpha value is -1.70. The summed E-state index contributed by atoms with van der Waals surface area (Å²) < 4.78 is 5.39. The third kappa shape index (κ3) is 3.15. The topological polar surface area (TPSA) is 70.4 Å². The largest absolute Gasteiger partial charge is 0.358 e. The van der Waals surface area contributed by atoms with E-state index in [0.717, 1.165) is 29.4 Å². The maximum Gasteiger partial charge on any atom is 0.238 e. The van der Waals surface area contributed by atoms with Crippen molar-refractivity contribution in [1.82, 2.24) is 20.7 Å². The van der Waals surface area contributed by atoms with Crippen LogP contribution >= 0.6 is 11.3 Å². The van der Waals surface area contributed by atoms with Crippen LogP contribution in [0.1, 0.15) is 5.69 Å². The molecule has 0 aromatic carbocycles. The molecule has 112 valence electrons. The minimum atomic E-state index is -0.161. The molecular formula is C14H18N4O2S. The molecule has 0 spiro atoms. The fourth-order valence-corrected chi connectivity index (χ4v) is 3.16. The first-order chi connectivity index (χ1) is 10.3. The molecule has 1 saturated heterocycles. The van der Waals surface area contributed by atoms with Gasteiger partial charge in [-0.1, -0.05) is 11.2 Å². The standard InChI is InChI=1S/C14H18N4O2S/c1-15-14(19)11-8-16-4-5-18(11)9-10-7-12(20-17-10)13-3-2-6-21-13/h2-3,6-7,11,16H,4-5,8-9H2,1H3,(H,15,19). The zero-order chi connectivity index (χ0) is 14.7. The lowest BCUT2D eigenvalue weighted by Crippen LogP contribution is -2.56. The molecule has 1 aliphatic rings. The molecule has 6 nitrogen and oxygen atoms in total. The van der Waals surface area contributed by atoms with Gasteiger partial charge in [-0.3, -0.25) is 9.69 Å². The van der Waals surface area contributed by atoms with Gasteiger partial charge in [0.15, 0.2) is 5.76 Å². The summed E-state index contributed by atoms with van der Waals surface area (Å²) in [6, 6.07) is 5.78. The molecule has 1 amide bonds. The molecule has 0 bridgehead atoms. The van der Waals surface area contributed by atoms with Gasteiger partial charge in [0, 0.05) is 39.3 Å². The third-order valence-corrected chi connectivity index (χ3v) is 4.48. The number of likely N-dealkylation sites (N-methyl/N-ethyl adjacent to an activating group) is 1. The quantitative estimate of drug-likeness (QED) is 0.879. The predicted octanol–water partition coefficient (Wildman–Crippen LogP) is 0.923. The second-order valence-electron chi connectivity index (χ2n) is 4.96. The van der Waals surface area contributed by atoms with Gasteiger partial charge < -0.3 is 15.2 Å². The number of rotatable bonds is 4. The Labute approximate surface area is 127 Å². The molecule has 21 heavy (non-hydrogen) atoms. The zero-order valence-corrected chi connectivity index (χ0v) is 12.7. The van der Waals surface area contributed by atoms with Gasteiger partial charge in [0.05, 0.1) is 10.6 Å². The normalized spacial score (nSPS) is 19.6. The van der Waals surface area contributed by atoms with Gasteiger partial charge in [0.25, 0.3) is 0 Å². The van der Waals surface area contributed by atoms with Crippen molar-refractivity contribution in [2.24, 2.45) is 0 Å². The highest BCUT2D eigenvalue weighted by Crippen LogP contribution is 2.25. The first-order valence-corrected chi connectivity index (χ1v) is 7.81. The van der Waals surface area contributed by atoms with E-state index in [2.05, 4.69) is 20.7 Å². The molecule has 0 saturated carbocycles. The Morgan fingerprint density at radius 2 is 2.57 bits per heavy atom. The van der Waals surface area contributed by atoms with Crippen molar-refractivity contribution < 1.29 is 9.32 Å². The summed E-state index contributed by atoms with van der Waals surface area (Å²) in [4.78, 5) is 15.1. The van der Waals surface area contributed by atoms with E-state index in [0.29, 0.717) is 13.1 Å². The number of hydrogen-bond donors (Lipinski definition) is 2. The number of amides is 1. The van der Waals surface area contributed by atoms with Crippen LogP contribution in [0, 0.1) is 0 Å². The number of nitrogens with zero attached hydrogens (tertiary/aromatic N) is 2. The van der Waals surface area contributed by atoms with E-state index >= 15 is 0 Å². The number of thiophene rings is 1. The van der Waals surface area contributed by atoms with Crippen molar-refractivity contribution >= 4 is 17.2 Å². The highest BCUT2D eigenvalue weighted by atomic mass is 32.1. The number of carbonyl (C=O) groups is 1. The van der Waals surface area contributed by atoms with Crippen LogP contribution in [0.25, 0.3) is 10.6 Å². The Morgan fingerprint density at radius 1 is 1.67 bits per heavy atom. The SMILES string of the molecule is CNC(=O)C1CNCCN1Cc1cc(-c2cccs2)on1. The van der Waals surface area contributed by atoms with Gasteiger partial charge >= 0.3 is 0 Å². The lowest BCUT2D eigenvalue weighted by molar-refractivity contribution is -0.126. The monoisotopic (exact) mass is 306 g/mol. The zero-order valence-electron chi connectivity index (χ0n) is 11.8. The summed E-state index contributed by atoms with van der Waals surface area (Å²) in [7, 11) is 1.67. The van der Waals surface area contributed by atoms with Gasteiger partial charge in [0.2, 0.25) is 5.91 Å². The van der Waals surface area contributed by atoms with E-state index < -0.39 is 0 Å². The molecule has 2 aromatic heterocycles. The first kappa shape index (κ1) is 14.2. The molecule has 2 N–H and O–H groups in total. The summed E-state index contributed by atoms with van der Waals surface area (Å²) in [6.45, 7) is 2.98. The molecule has 2 aromatic rings. The van der Waals surface area contributed by atoms with E-state index in [4.69, 9.17) is 4.52 Å².